The molecule has 5 aliphatic rings. The topological polar surface area (TPSA) is 60.7 Å². The second-order valence-electron chi connectivity index (χ2n) is 12.3. The zero-order valence-corrected chi connectivity index (χ0v) is 18.7. The van der Waals surface area contributed by atoms with Gasteiger partial charge < -0.3 is 15.3 Å². The number of aliphatic hydroxyl groups is 3. The third-order valence-electron chi connectivity index (χ3n) is 9.87. The third kappa shape index (κ3) is 3.44. The fourth-order valence-electron chi connectivity index (χ4n) is 8.78. The lowest BCUT2D eigenvalue weighted by molar-refractivity contribution is -0.00253. The molecule has 0 unspecified atom stereocenters. The summed E-state index contributed by atoms with van der Waals surface area (Å²) >= 11 is 0. The Balaban J connectivity index is 1.27. The van der Waals surface area contributed by atoms with E-state index >= 15 is 0 Å². The SMILES string of the molecule is C[C@H](CCCC(C)(C)O)[C@H]1CC[C@H]2C3=C(CC[C@H]12)C[C@@H]1[C@H]3C12C[C@@H](O)C[C@H](O)C2. The maximum absolute atomic E-state index is 10.4. The summed E-state index contributed by atoms with van der Waals surface area (Å²) in [4.78, 5) is 0. The Bertz CT molecular complexity index is 664. The molecule has 5 rings (SSSR count). The van der Waals surface area contributed by atoms with Crippen LogP contribution in [0.25, 0.3) is 0 Å². The van der Waals surface area contributed by atoms with E-state index in [2.05, 4.69) is 6.92 Å². The van der Waals surface area contributed by atoms with Gasteiger partial charge in [-0.15, -0.1) is 0 Å². The first-order chi connectivity index (χ1) is 13.7. The number of hydrogen-bond acceptors (Lipinski definition) is 3. The smallest absolute Gasteiger partial charge is 0.0591 e. The molecule has 29 heavy (non-hydrogen) atoms. The van der Waals surface area contributed by atoms with E-state index in [1.807, 2.05) is 19.4 Å². The van der Waals surface area contributed by atoms with E-state index < -0.39 is 5.60 Å². The Morgan fingerprint density at radius 2 is 1.83 bits per heavy atom. The number of hydrogen-bond donors (Lipinski definition) is 3. The summed E-state index contributed by atoms with van der Waals surface area (Å²) < 4.78 is 0. The highest BCUT2D eigenvalue weighted by Gasteiger charge is 2.71. The van der Waals surface area contributed by atoms with Crippen molar-refractivity contribution in [2.75, 3.05) is 0 Å². The van der Waals surface area contributed by atoms with E-state index in [4.69, 9.17) is 0 Å². The molecule has 3 N–H and O–H groups in total. The lowest BCUT2D eigenvalue weighted by Crippen LogP contribution is -2.34. The minimum atomic E-state index is -0.531. The monoisotopic (exact) mass is 402 g/mol. The van der Waals surface area contributed by atoms with Gasteiger partial charge in [0.1, 0.15) is 0 Å². The van der Waals surface area contributed by atoms with Crippen LogP contribution in [0.1, 0.15) is 91.4 Å². The Hall–Kier alpha value is -0.380. The minimum Gasteiger partial charge on any atom is -0.393 e. The van der Waals surface area contributed by atoms with Crippen molar-refractivity contribution in [2.24, 2.45) is 40.9 Å². The van der Waals surface area contributed by atoms with Gasteiger partial charge >= 0.3 is 0 Å². The number of rotatable bonds is 5. The van der Waals surface area contributed by atoms with Gasteiger partial charge in [0.25, 0.3) is 0 Å². The maximum Gasteiger partial charge on any atom is 0.0591 e. The summed E-state index contributed by atoms with van der Waals surface area (Å²) in [5.41, 5.74) is 3.33. The van der Waals surface area contributed by atoms with Gasteiger partial charge in [0.2, 0.25) is 0 Å². The molecule has 0 heterocycles. The summed E-state index contributed by atoms with van der Waals surface area (Å²) in [5.74, 6) is 4.70. The molecule has 0 radical (unpaired) electrons. The molecular weight excluding hydrogens is 360 g/mol. The van der Waals surface area contributed by atoms with Crippen LogP contribution in [-0.2, 0) is 0 Å². The van der Waals surface area contributed by atoms with Crippen LogP contribution in [0.5, 0.6) is 0 Å². The molecule has 0 aromatic carbocycles. The molecule has 0 amide bonds. The molecule has 0 aromatic rings. The Kier molecular flexibility index (Phi) is 5.00. The van der Waals surface area contributed by atoms with E-state index in [1.54, 1.807) is 5.57 Å². The highest BCUT2D eigenvalue weighted by atomic mass is 16.3. The lowest BCUT2D eigenvalue weighted by Gasteiger charge is -2.39. The first-order valence-electron chi connectivity index (χ1n) is 12.5. The second kappa shape index (κ2) is 7.07. The molecule has 5 aliphatic carbocycles. The van der Waals surface area contributed by atoms with Crippen molar-refractivity contribution in [1.82, 2.24) is 0 Å². The van der Waals surface area contributed by atoms with E-state index in [9.17, 15) is 15.3 Å². The first-order valence-corrected chi connectivity index (χ1v) is 12.5. The average molecular weight is 403 g/mol. The summed E-state index contributed by atoms with van der Waals surface area (Å²) in [5, 5.41) is 30.7. The van der Waals surface area contributed by atoms with Crippen LogP contribution in [0, 0.1) is 40.9 Å². The fraction of sp³-hybridized carbons (Fsp3) is 0.923. The minimum absolute atomic E-state index is 0.244. The van der Waals surface area contributed by atoms with E-state index in [0.29, 0.717) is 12.3 Å². The van der Waals surface area contributed by atoms with Crippen molar-refractivity contribution in [3.05, 3.63) is 11.1 Å². The van der Waals surface area contributed by atoms with Crippen molar-refractivity contribution < 1.29 is 15.3 Å². The van der Waals surface area contributed by atoms with Crippen molar-refractivity contribution in [3.63, 3.8) is 0 Å². The van der Waals surface area contributed by atoms with Gasteiger partial charge in [-0.3, -0.25) is 0 Å². The van der Waals surface area contributed by atoms with Gasteiger partial charge in [0, 0.05) is 0 Å². The van der Waals surface area contributed by atoms with Gasteiger partial charge in [-0.2, -0.15) is 0 Å². The standard InChI is InChI=1S/C26H42O3/c1-15(5-4-10-25(2,3)29)19-8-9-21-20(19)7-6-16-11-22-24(23(16)21)26(22)13-17(27)12-18(28)14-26/h15,17-22,24,27-29H,4-14H2,1-3H3/t15-,17+,18+,19-,20-,21-,22-,24-/m1/s1. The number of fused-ring (bicyclic) bond motifs is 6. The molecule has 0 aliphatic heterocycles. The van der Waals surface area contributed by atoms with Crippen LogP contribution in [0.2, 0.25) is 0 Å². The maximum atomic E-state index is 10.4. The lowest BCUT2D eigenvalue weighted by atomic mass is 9.67. The third-order valence-corrected chi connectivity index (χ3v) is 9.87. The Morgan fingerprint density at radius 3 is 2.52 bits per heavy atom. The number of aliphatic hydroxyl groups excluding tert-OH is 2. The summed E-state index contributed by atoms with van der Waals surface area (Å²) in [6, 6.07) is 0. The van der Waals surface area contributed by atoms with Crippen LogP contribution in [0.15, 0.2) is 11.1 Å². The van der Waals surface area contributed by atoms with Gasteiger partial charge in [-0.25, -0.2) is 0 Å². The summed E-state index contributed by atoms with van der Waals surface area (Å²) in [7, 11) is 0. The van der Waals surface area contributed by atoms with E-state index in [0.717, 1.165) is 55.3 Å². The second-order valence-corrected chi connectivity index (χ2v) is 12.3. The predicted octanol–water partition coefficient (Wildman–Crippen LogP) is 4.84. The van der Waals surface area contributed by atoms with Gasteiger partial charge in [0.15, 0.2) is 0 Å². The van der Waals surface area contributed by atoms with Crippen LogP contribution in [-0.4, -0.2) is 33.1 Å². The molecule has 0 saturated heterocycles. The molecule has 0 bridgehead atoms. The van der Waals surface area contributed by atoms with E-state index in [1.165, 1.54) is 38.5 Å². The predicted molar refractivity (Wildman–Crippen MR) is 115 cm³/mol. The van der Waals surface area contributed by atoms with Crippen molar-refractivity contribution in [3.8, 4) is 0 Å². The summed E-state index contributed by atoms with van der Waals surface area (Å²) in [6.45, 7) is 6.32. The molecular formula is C26H42O3. The Labute approximate surface area is 177 Å². The van der Waals surface area contributed by atoms with Crippen LogP contribution < -0.4 is 0 Å². The average Bonchev–Trinajstić information content (AvgIpc) is 2.99. The van der Waals surface area contributed by atoms with Crippen molar-refractivity contribution in [1.29, 1.82) is 0 Å². The molecule has 164 valence electrons. The van der Waals surface area contributed by atoms with Gasteiger partial charge in [-0.1, -0.05) is 30.9 Å². The molecule has 3 heteroatoms. The zero-order valence-electron chi connectivity index (χ0n) is 18.7. The number of allylic oxidation sites excluding steroid dienone is 2. The fourth-order valence-corrected chi connectivity index (χ4v) is 8.78. The molecule has 3 fully saturated rings. The molecule has 8 atom stereocenters. The zero-order chi connectivity index (χ0) is 20.6. The van der Waals surface area contributed by atoms with Crippen LogP contribution in [0.3, 0.4) is 0 Å². The highest BCUT2D eigenvalue weighted by molar-refractivity contribution is 5.42. The summed E-state index contributed by atoms with van der Waals surface area (Å²) in [6.07, 6.45) is 11.9. The molecule has 3 saturated carbocycles. The highest BCUT2D eigenvalue weighted by Crippen LogP contribution is 2.77. The normalized spacial score (nSPS) is 47.2. The van der Waals surface area contributed by atoms with Crippen molar-refractivity contribution >= 4 is 0 Å². The van der Waals surface area contributed by atoms with Crippen molar-refractivity contribution in [2.45, 2.75) is 109 Å². The molecule has 0 aromatic heterocycles. The quantitative estimate of drug-likeness (QED) is 0.577. The van der Waals surface area contributed by atoms with Gasteiger partial charge in [-0.05, 0) is 113 Å². The largest absolute Gasteiger partial charge is 0.393 e. The van der Waals surface area contributed by atoms with Crippen LogP contribution in [0.4, 0.5) is 0 Å². The van der Waals surface area contributed by atoms with E-state index in [-0.39, 0.29) is 17.6 Å². The Morgan fingerprint density at radius 1 is 1.10 bits per heavy atom. The van der Waals surface area contributed by atoms with Crippen LogP contribution >= 0.6 is 0 Å². The first kappa shape index (κ1) is 20.5. The molecule has 3 nitrogen and oxygen atoms in total. The molecule has 1 spiro atoms. The van der Waals surface area contributed by atoms with Gasteiger partial charge in [0.05, 0.1) is 17.8 Å².